The number of rotatable bonds is 4. The molecule has 1 aromatic heterocycles. The fraction of sp³-hybridized carbons (Fsp3) is 0.538. The quantitative estimate of drug-likeness (QED) is 0.831. The summed E-state index contributed by atoms with van der Waals surface area (Å²) in [7, 11) is 0. The predicted octanol–water partition coefficient (Wildman–Crippen LogP) is 0.232. The third kappa shape index (κ3) is 3.05. The van der Waals surface area contributed by atoms with Gasteiger partial charge in [0.2, 0.25) is 5.91 Å². The molecule has 1 saturated heterocycles. The molecule has 2 heterocycles. The van der Waals surface area contributed by atoms with Crippen molar-refractivity contribution < 1.29 is 14.6 Å². The van der Waals surface area contributed by atoms with Crippen molar-refractivity contribution in [3.63, 3.8) is 0 Å². The van der Waals surface area contributed by atoms with Gasteiger partial charge >= 0.3 is 0 Å². The first-order valence-corrected chi connectivity index (χ1v) is 6.17. The van der Waals surface area contributed by atoms with E-state index in [-0.39, 0.29) is 12.0 Å². The lowest BCUT2D eigenvalue weighted by Gasteiger charge is -2.15. The SMILES string of the molecule is CCO[C@@H]1CN(C(=O)Cc2ccncc2)C[C@H]1O. The standard InChI is InChI=1S/C13H18N2O3/c1-2-18-12-9-15(8-11(12)16)13(17)7-10-3-5-14-6-4-10/h3-6,11-12,16H,2,7-9H2,1H3/t11-,12-/m1/s1. The van der Waals surface area contributed by atoms with Crippen LogP contribution < -0.4 is 0 Å². The highest BCUT2D eigenvalue weighted by molar-refractivity contribution is 5.79. The Bertz CT molecular complexity index is 396. The van der Waals surface area contributed by atoms with E-state index in [9.17, 15) is 9.90 Å². The van der Waals surface area contributed by atoms with Crippen LogP contribution in [0.15, 0.2) is 24.5 Å². The predicted molar refractivity (Wildman–Crippen MR) is 65.9 cm³/mol. The maximum atomic E-state index is 12.0. The molecule has 0 aliphatic carbocycles. The van der Waals surface area contributed by atoms with Gasteiger partial charge < -0.3 is 14.7 Å². The van der Waals surface area contributed by atoms with E-state index >= 15 is 0 Å². The van der Waals surface area contributed by atoms with Gasteiger partial charge in [-0.1, -0.05) is 0 Å². The van der Waals surface area contributed by atoms with Crippen molar-refractivity contribution in [3.05, 3.63) is 30.1 Å². The Labute approximate surface area is 106 Å². The van der Waals surface area contributed by atoms with Crippen LogP contribution in [0.1, 0.15) is 12.5 Å². The van der Waals surface area contributed by atoms with Gasteiger partial charge in [-0.05, 0) is 24.6 Å². The summed E-state index contributed by atoms with van der Waals surface area (Å²) in [4.78, 5) is 17.6. The molecular weight excluding hydrogens is 232 g/mol. The van der Waals surface area contributed by atoms with Gasteiger partial charge in [0.25, 0.3) is 0 Å². The topological polar surface area (TPSA) is 62.7 Å². The minimum atomic E-state index is -0.577. The molecule has 1 fully saturated rings. The first kappa shape index (κ1) is 13.0. The van der Waals surface area contributed by atoms with Crippen molar-refractivity contribution in [1.29, 1.82) is 0 Å². The van der Waals surface area contributed by atoms with E-state index < -0.39 is 6.10 Å². The summed E-state index contributed by atoms with van der Waals surface area (Å²) in [6.45, 7) is 3.26. The van der Waals surface area contributed by atoms with E-state index in [1.54, 1.807) is 17.3 Å². The number of carbonyl (C=O) groups excluding carboxylic acids is 1. The average molecular weight is 250 g/mol. The zero-order valence-corrected chi connectivity index (χ0v) is 10.5. The van der Waals surface area contributed by atoms with Gasteiger partial charge in [-0.2, -0.15) is 0 Å². The number of aliphatic hydroxyl groups is 1. The zero-order valence-electron chi connectivity index (χ0n) is 10.5. The van der Waals surface area contributed by atoms with Gasteiger partial charge in [0.15, 0.2) is 0 Å². The number of hydrogen-bond donors (Lipinski definition) is 1. The first-order valence-electron chi connectivity index (χ1n) is 6.17. The van der Waals surface area contributed by atoms with Crippen LogP contribution in [0.25, 0.3) is 0 Å². The number of β-amino-alcohol motifs (C(OH)–C–C–N with tert-alkyl or cyclic N) is 1. The molecule has 1 aliphatic heterocycles. The van der Waals surface area contributed by atoms with Crippen molar-refractivity contribution >= 4 is 5.91 Å². The Hall–Kier alpha value is -1.46. The number of nitrogens with zero attached hydrogens (tertiary/aromatic N) is 2. The van der Waals surface area contributed by atoms with Crippen LogP contribution in [0.3, 0.4) is 0 Å². The highest BCUT2D eigenvalue weighted by Crippen LogP contribution is 2.15. The molecule has 2 atom stereocenters. The maximum absolute atomic E-state index is 12.0. The lowest BCUT2D eigenvalue weighted by atomic mass is 10.2. The highest BCUT2D eigenvalue weighted by Gasteiger charge is 2.34. The summed E-state index contributed by atoms with van der Waals surface area (Å²) in [6.07, 6.45) is 2.85. The molecule has 0 aromatic carbocycles. The molecule has 0 bridgehead atoms. The van der Waals surface area contributed by atoms with Crippen molar-refractivity contribution in [1.82, 2.24) is 9.88 Å². The monoisotopic (exact) mass is 250 g/mol. The van der Waals surface area contributed by atoms with Gasteiger partial charge in [0.05, 0.1) is 12.5 Å². The molecule has 1 amide bonds. The molecular formula is C13H18N2O3. The summed E-state index contributed by atoms with van der Waals surface area (Å²) in [5, 5.41) is 9.78. The molecule has 98 valence electrons. The van der Waals surface area contributed by atoms with Gasteiger partial charge in [-0.3, -0.25) is 9.78 Å². The minimum absolute atomic E-state index is 0.0162. The number of amides is 1. The largest absolute Gasteiger partial charge is 0.388 e. The van der Waals surface area contributed by atoms with E-state index in [0.717, 1.165) is 5.56 Å². The van der Waals surface area contributed by atoms with Crippen molar-refractivity contribution in [2.75, 3.05) is 19.7 Å². The summed E-state index contributed by atoms with van der Waals surface area (Å²) >= 11 is 0. The zero-order chi connectivity index (χ0) is 13.0. The average Bonchev–Trinajstić information content (AvgIpc) is 2.73. The molecule has 2 rings (SSSR count). The van der Waals surface area contributed by atoms with Crippen LogP contribution in [0.2, 0.25) is 0 Å². The fourth-order valence-corrected chi connectivity index (χ4v) is 2.13. The Kier molecular flexibility index (Phi) is 4.28. The minimum Gasteiger partial charge on any atom is -0.388 e. The number of ether oxygens (including phenoxy) is 1. The lowest BCUT2D eigenvalue weighted by Crippen LogP contribution is -2.31. The lowest BCUT2D eigenvalue weighted by molar-refractivity contribution is -0.130. The fourth-order valence-electron chi connectivity index (χ4n) is 2.13. The van der Waals surface area contributed by atoms with Crippen molar-refractivity contribution in [2.45, 2.75) is 25.6 Å². The number of aliphatic hydroxyl groups excluding tert-OH is 1. The van der Waals surface area contributed by atoms with Crippen LogP contribution >= 0.6 is 0 Å². The molecule has 5 nitrogen and oxygen atoms in total. The van der Waals surface area contributed by atoms with Crippen LogP contribution in [0, 0.1) is 0 Å². The number of aromatic nitrogens is 1. The van der Waals surface area contributed by atoms with E-state index in [1.165, 1.54) is 0 Å². The third-order valence-electron chi connectivity index (χ3n) is 3.08. The van der Waals surface area contributed by atoms with E-state index in [2.05, 4.69) is 4.98 Å². The Morgan fingerprint density at radius 1 is 1.50 bits per heavy atom. The smallest absolute Gasteiger partial charge is 0.227 e. The summed E-state index contributed by atoms with van der Waals surface area (Å²) in [5.41, 5.74) is 0.935. The second kappa shape index (κ2) is 5.93. The number of hydrogen-bond acceptors (Lipinski definition) is 4. The Morgan fingerprint density at radius 3 is 2.89 bits per heavy atom. The number of pyridine rings is 1. The normalized spacial score (nSPS) is 23.3. The third-order valence-corrected chi connectivity index (χ3v) is 3.08. The summed E-state index contributed by atoms with van der Waals surface area (Å²) in [5.74, 6) is 0.0162. The second-order valence-electron chi connectivity index (χ2n) is 4.39. The van der Waals surface area contributed by atoms with Crippen molar-refractivity contribution in [2.24, 2.45) is 0 Å². The van der Waals surface area contributed by atoms with Gasteiger partial charge in [-0.15, -0.1) is 0 Å². The molecule has 0 unspecified atom stereocenters. The molecule has 18 heavy (non-hydrogen) atoms. The van der Waals surface area contributed by atoms with Crippen LogP contribution in [0.4, 0.5) is 0 Å². The molecule has 5 heteroatoms. The summed E-state index contributed by atoms with van der Waals surface area (Å²) < 4.78 is 5.39. The Balaban J connectivity index is 1.91. The van der Waals surface area contributed by atoms with Crippen LogP contribution in [-0.4, -0.2) is 52.8 Å². The molecule has 1 aliphatic rings. The van der Waals surface area contributed by atoms with Gasteiger partial charge in [0.1, 0.15) is 6.10 Å². The van der Waals surface area contributed by atoms with E-state index in [4.69, 9.17) is 4.74 Å². The van der Waals surface area contributed by atoms with Crippen LogP contribution in [-0.2, 0) is 16.0 Å². The highest BCUT2D eigenvalue weighted by atomic mass is 16.5. The second-order valence-corrected chi connectivity index (χ2v) is 4.39. The van der Waals surface area contributed by atoms with E-state index in [1.807, 2.05) is 19.1 Å². The van der Waals surface area contributed by atoms with E-state index in [0.29, 0.717) is 26.1 Å². The number of likely N-dealkylation sites (tertiary alicyclic amines) is 1. The summed E-state index contributed by atoms with van der Waals surface area (Å²) in [6, 6.07) is 3.65. The van der Waals surface area contributed by atoms with Crippen LogP contribution in [0.5, 0.6) is 0 Å². The molecule has 1 N–H and O–H groups in total. The van der Waals surface area contributed by atoms with Gasteiger partial charge in [0, 0.05) is 32.1 Å². The number of carbonyl (C=O) groups is 1. The molecule has 1 aromatic rings. The molecule has 0 spiro atoms. The molecule has 0 radical (unpaired) electrons. The Morgan fingerprint density at radius 2 is 2.22 bits per heavy atom. The first-order chi connectivity index (χ1) is 8.70. The van der Waals surface area contributed by atoms with Crippen molar-refractivity contribution in [3.8, 4) is 0 Å². The molecule has 0 saturated carbocycles. The van der Waals surface area contributed by atoms with Gasteiger partial charge in [-0.25, -0.2) is 0 Å². The maximum Gasteiger partial charge on any atom is 0.227 e.